The number of hydrogen-bond donors (Lipinski definition) is 1. The van der Waals surface area contributed by atoms with Gasteiger partial charge in [-0.3, -0.25) is 5.10 Å². The van der Waals surface area contributed by atoms with Gasteiger partial charge < -0.3 is 0 Å². The zero-order valence-electron chi connectivity index (χ0n) is 9.22. The fraction of sp³-hybridized carbons (Fsp3) is 0.222. The van der Waals surface area contributed by atoms with Gasteiger partial charge in [0.1, 0.15) is 9.23 Å². The first-order chi connectivity index (χ1) is 8.41. The number of aromatic nitrogens is 2. The molecule has 0 saturated carbocycles. The van der Waals surface area contributed by atoms with E-state index in [9.17, 15) is 8.42 Å². The molecule has 1 N–H and O–H groups in total. The average Bonchev–Trinajstić information content (AvgIpc) is 2.88. The number of hydrogen-bond acceptors (Lipinski definition) is 4. The van der Waals surface area contributed by atoms with Crippen LogP contribution in [0.4, 0.5) is 0 Å². The Morgan fingerprint density at radius 3 is 2.72 bits per heavy atom. The topological polar surface area (TPSA) is 66.1 Å². The molecule has 0 radical (unpaired) electrons. The predicted molar refractivity (Wildman–Crippen MR) is 71.6 cm³/mol. The maximum absolute atomic E-state index is 12.3. The van der Waals surface area contributed by atoms with Crippen LogP contribution in [0.5, 0.6) is 0 Å². The first-order valence-corrected chi connectivity index (χ1v) is 7.81. The molecule has 2 aromatic rings. The van der Waals surface area contributed by atoms with Crippen LogP contribution in [0.2, 0.25) is 8.67 Å². The molecule has 0 amide bonds. The monoisotopic (exact) mass is 325 g/mol. The summed E-state index contributed by atoms with van der Waals surface area (Å²) in [7, 11) is -2.16. The summed E-state index contributed by atoms with van der Waals surface area (Å²) in [5.41, 5.74) is 0.763. The number of rotatable bonds is 4. The number of thiophene rings is 1. The van der Waals surface area contributed by atoms with E-state index >= 15 is 0 Å². The molecule has 2 rings (SSSR count). The Hall–Kier alpha value is -0.600. The van der Waals surface area contributed by atoms with E-state index in [1.807, 2.05) is 0 Å². The second kappa shape index (κ2) is 5.18. The van der Waals surface area contributed by atoms with Gasteiger partial charge >= 0.3 is 0 Å². The van der Waals surface area contributed by atoms with Gasteiger partial charge in [0, 0.05) is 25.4 Å². The highest BCUT2D eigenvalue weighted by Crippen LogP contribution is 2.35. The molecule has 0 aliphatic heterocycles. The number of halogens is 2. The third-order valence-corrected chi connectivity index (χ3v) is 5.83. The normalized spacial score (nSPS) is 12.2. The first kappa shape index (κ1) is 13.8. The Balaban J connectivity index is 2.28. The van der Waals surface area contributed by atoms with Crippen LogP contribution in [0, 0.1) is 0 Å². The molecule has 0 saturated heterocycles. The van der Waals surface area contributed by atoms with Crippen molar-refractivity contribution in [3.63, 3.8) is 0 Å². The van der Waals surface area contributed by atoms with Crippen molar-refractivity contribution in [1.29, 1.82) is 0 Å². The van der Waals surface area contributed by atoms with E-state index in [1.165, 1.54) is 17.4 Å². The maximum Gasteiger partial charge on any atom is 0.245 e. The Morgan fingerprint density at radius 2 is 2.22 bits per heavy atom. The molecule has 0 atom stereocenters. The van der Waals surface area contributed by atoms with Crippen LogP contribution in [0.15, 0.2) is 23.4 Å². The Kier molecular flexibility index (Phi) is 3.98. The van der Waals surface area contributed by atoms with Crippen molar-refractivity contribution in [2.75, 3.05) is 7.05 Å². The van der Waals surface area contributed by atoms with E-state index < -0.39 is 10.0 Å². The molecule has 0 aromatic carbocycles. The molecule has 0 aliphatic carbocycles. The lowest BCUT2D eigenvalue weighted by molar-refractivity contribution is 0.467. The SMILES string of the molecule is CN(Cc1cn[nH]c1)S(=O)(=O)c1cc(Cl)sc1Cl. The number of aromatic amines is 1. The van der Waals surface area contributed by atoms with Gasteiger partial charge in [-0.25, -0.2) is 8.42 Å². The predicted octanol–water partition coefficient (Wildman–Crippen LogP) is 2.60. The van der Waals surface area contributed by atoms with Gasteiger partial charge in [0.25, 0.3) is 0 Å². The van der Waals surface area contributed by atoms with Crippen molar-refractivity contribution in [2.45, 2.75) is 11.4 Å². The Bertz CT molecular complexity index is 637. The maximum atomic E-state index is 12.3. The van der Waals surface area contributed by atoms with Gasteiger partial charge in [0.15, 0.2) is 0 Å². The van der Waals surface area contributed by atoms with Gasteiger partial charge in [-0.05, 0) is 6.07 Å². The molecule has 0 spiro atoms. The van der Waals surface area contributed by atoms with E-state index in [4.69, 9.17) is 23.2 Å². The molecule has 0 bridgehead atoms. The molecule has 2 heterocycles. The van der Waals surface area contributed by atoms with Crippen LogP contribution in [0.3, 0.4) is 0 Å². The second-order valence-corrected chi connectivity index (χ2v) is 7.85. The number of nitrogens with zero attached hydrogens (tertiary/aromatic N) is 2. The third kappa shape index (κ3) is 2.70. The summed E-state index contributed by atoms with van der Waals surface area (Å²) in [5.74, 6) is 0. The Morgan fingerprint density at radius 1 is 1.50 bits per heavy atom. The minimum atomic E-state index is -3.64. The molecule has 2 aromatic heterocycles. The van der Waals surface area contributed by atoms with Crippen LogP contribution in [-0.2, 0) is 16.6 Å². The summed E-state index contributed by atoms with van der Waals surface area (Å²) < 4.78 is 26.2. The summed E-state index contributed by atoms with van der Waals surface area (Å²) in [5, 5.41) is 6.39. The van der Waals surface area contributed by atoms with Crippen molar-refractivity contribution in [1.82, 2.24) is 14.5 Å². The molecule has 0 fully saturated rings. The van der Waals surface area contributed by atoms with Gasteiger partial charge in [-0.2, -0.15) is 9.40 Å². The van der Waals surface area contributed by atoms with E-state index in [2.05, 4.69) is 10.2 Å². The standard InChI is InChI=1S/C9H9Cl2N3O2S2/c1-14(5-6-3-12-13-4-6)18(15,16)7-2-8(10)17-9(7)11/h2-4H,5H2,1H3,(H,12,13). The molecular formula is C9H9Cl2N3O2S2. The minimum Gasteiger partial charge on any atom is -0.285 e. The summed E-state index contributed by atoms with van der Waals surface area (Å²) in [6.07, 6.45) is 3.20. The quantitative estimate of drug-likeness (QED) is 0.939. The van der Waals surface area contributed by atoms with Crippen molar-refractivity contribution in [3.8, 4) is 0 Å². The van der Waals surface area contributed by atoms with E-state index in [-0.39, 0.29) is 15.8 Å². The fourth-order valence-electron chi connectivity index (χ4n) is 1.38. The summed E-state index contributed by atoms with van der Waals surface area (Å²) in [6.45, 7) is 0.211. The smallest absolute Gasteiger partial charge is 0.245 e. The van der Waals surface area contributed by atoms with Gasteiger partial charge in [-0.15, -0.1) is 11.3 Å². The molecule has 0 unspecified atom stereocenters. The van der Waals surface area contributed by atoms with Crippen LogP contribution >= 0.6 is 34.5 Å². The molecule has 98 valence electrons. The van der Waals surface area contributed by atoms with Crippen molar-refractivity contribution in [2.24, 2.45) is 0 Å². The molecule has 9 heteroatoms. The average molecular weight is 326 g/mol. The summed E-state index contributed by atoms with van der Waals surface area (Å²) in [4.78, 5) is 0.0326. The van der Waals surface area contributed by atoms with Crippen molar-refractivity contribution in [3.05, 3.63) is 32.7 Å². The largest absolute Gasteiger partial charge is 0.285 e. The zero-order chi connectivity index (χ0) is 13.3. The zero-order valence-corrected chi connectivity index (χ0v) is 12.4. The van der Waals surface area contributed by atoms with E-state index in [0.717, 1.165) is 16.9 Å². The number of sulfonamides is 1. The van der Waals surface area contributed by atoms with Crippen molar-refractivity contribution >= 4 is 44.6 Å². The van der Waals surface area contributed by atoms with Gasteiger partial charge in [0.2, 0.25) is 10.0 Å². The minimum absolute atomic E-state index is 0.0326. The Labute approximate surface area is 118 Å². The molecule has 5 nitrogen and oxygen atoms in total. The van der Waals surface area contributed by atoms with E-state index in [0.29, 0.717) is 4.34 Å². The van der Waals surface area contributed by atoms with Gasteiger partial charge in [0.05, 0.1) is 10.5 Å². The van der Waals surface area contributed by atoms with Crippen LogP contribution < -0.4 is 0 Å². The van der Waals surface area contributed by atoms with E-state index in [1.54, 1.807) is 12.4 Å². The van der Waals surface area contributed by atoms with Crippen LogP contribution in [0.25, 0.3) is 0 Å². The number of nitrogens with one attached hydrogen (secondary N) is 1. The molecule has 18 heavy (non-hydrogen) atoms. The third-order valence-electron chi connectivity index (χ3n) is 2.27. The second-order valence-electron chi connectivity index (χ2n) is 3.56. The lowest BCUT2D eigenvalue weighted by atomic mass is 10.4. The lowest BCUT2D eigenvalue weighted by Crippen LogP contribution is -2.26. The van der Waals surface area contributed by atoms with Crippen LogP contribution in [0.1, 0.15) is 5.56 Å². The van der Waals surface area contributed by atoms with Crippen molar-refractivity contribution < 1.29 is 8.42 Å². The van der Waals surface area contributed by atoms with Gasteiger partial charge in [-0.1, -0.05) is 23.2 Å². The number of H-pyrrole nitrogens is 1. The highest BCUT2D eigenvalue weighted by molar-refractivity contribution is 7.89. The summed E-state index contributed by atoms with van der Waals surface area (Å²) >= 11 is 12.6. The first-order valence-electron chi connectivity index (χ1n) is 4.80. The highest BCUT2D eigenvalue weighted by atomic mass is 35.5. The molecule has 0 aliphatic rings. The molecular weight excluding hydrogens is 317 g/mol. The highest BCUT2D eigenvalue weighted by Gasteiger charge is 2.26. The summed E-state index contributed by atoms with van der Waals surface area (Å²) in [6, 6.07) is 1.36. The fourth-order valence-corrected chi connectivity index (χ4v) is 4.64. The van der Waals surface area contributed by atoms with Crippen LogP contribution in [-0.4, -0.2) is 30.0 Å². The lowest BCUT2D eigenvalue weighted by Gasteiger charge is -2.15.